The average molecular weight is 255 g/mol. The maximum atomic E-state index is 12.9. The fraction of sp³-hybridized carbons (Fsp3) is 0.571. The molecule has 0 aliphatic heterocycles. The molecule has 0 spiro atoms. The maximum absolute atomic E-state index is 12.9. The van der Waals surface area contributed by atoms with E-state index in [1.54, 1.807) is 13.0 Å². The zero-order valence-corrected chi connectivity index (χ0v) is 11.1. The normalized spacial score (nSPS) is 14.3. The Labute approximate surface area is 108 Å². The minimum Gasteiger partial charge on any atom is -0.493 e. The first kappa shape index (κ1) is 14.9. The molecule has 1 atom stereocenters. The Morgan fingerprint density at radius 3 is 2.72 bits per heavy atom. The topological polar surface area (TPSA) is 55.5 Å². The third kappa shape index (κ3) is 4.27. The molecule has 1 unspecified atom stereocenters. The number of halogens is 1. The van der Waals surface area contributed by atoms with Crippen LogP contribution < -0.4 is 10.5 Å². The number of aryl methyl sites for hydroxylation is 1. The molecule has 0 aliphatic rings. The maximum Gasteiger partial charge on any atom is 0.123 e. The van der Waals surface area contributed by atoms with E-state index in [4.69, 9.17) is 10.5 Å². The molecule has 0 saturated carbocycles. The molecule has 0 bridgehead atoms. The predicted molar refractivity (Wildman–Crippen MR) is 70.2 cm³/mol. The number of aliphatic hydroxyl groups is 1. The number of hydrogen-bond acceptors (Lipinski definition) is 3. The van der Waals surface area contributed by atoms with Gasteiger partial charge in [-0.3, -0.25) is 0 Å². The number of ether oxygens (including phenoxy) is 1. The molecule has 3 N–H and O–H groups in total. The summed E-state index contributed by atoms with van der Waals surface area (Å²) in [5.74, 6) is 0.424. The highest BCUT2D eigenvalue weighted by molar-refractivity contribution is 5.32. The summed E-state index contributed by atoms with van der Waals surface area (Å²) in [7, 11) is 0. The van der Waals surface area contributed by atoms with E-state index < -0.39 is 5.60 Å². The summed E-state index contributed by atoms with van der Waals surface area (Å²) in [5.41, 5.74) is 5.51. The molecule has 0 amide bonds. The van der Waals surface area contributed by atoms with Gasteiger partial charge in [-0.1, -0.05) is 6.92 Å². The Balaban J connectivity index is 2.38. The zero-order valence-electron chi connectivity index (χ0n) is 11.1. The standard InChI is InChI=1S/C14H22FNO2/c1-3-14(17,10-16)7-4-8-18-13-6-5-12(15)9-11(13)2/h5-6,9,17H,3-4,7-8,10,16H2,1-2H3. The molecular weight excluding hydrogens is 233 g/mol. The second-order valence-corrected chi connectivity index (χ2v) is 4.64. The van der Waals surface area contributed by atoms with E-state index >= 15 is 0 Å². The Bertz CT molecular complexity index is 378. The molecule has 3 nitrogen and oxygen atoms in total. The molecule has 1 rings (SSSR count). The van der Waals surface area contributed by atoms with Gasteiger partial charge in [-0.05, 0) is 49.9 Å². The largest absolute Gasteiger partial charge is 0.493 e. The van der Waals surface area contributed by atoms with Crippen molar-refractivity contribution >= 4 is 0 Å². The SMILES string of the molecule is CCC(O)(CN)CCCOc1ccc(F)cc1C. The van der Waals surface area contributed by atoms with Crippen LogP contribution in [0.4, 0.5) is 4.39 Å². The van der Waals surface area contributed by atoms with Gasteiger partial charge in [0.05, 0.1) is 12.2 Å². The highest BCUT2D eigenvalue weighted by Gasteiger charge is 2.21. The van der Waals surface area contributed by atoms with Crippen molar-refractivity contribution in [3.8, 4) is 5.75 Å². The van der Waals surface area contributed by atoms with Gasteiger partial charge >= 0.3 is 0 Å². The van der Waals surface area contributed by atoms with E-state index in [1.807, 2.05) is 6.92 Å². The summed E-state index contributed by atoms with van der Waals surface area (Å²) in [6.45, 7) is 4.48. The molecule has 0 fully saturated rings. The van der Waals surface area contributed by atoms with Gasteiger partial charge in [-0.25, -0.2) is 4.39 Å². The summed E-state index contributed by atoms with van der Waals surface area (Å²) in [6, 6.07) is 4.45. The summed E-state index contributed by atoms with van der Waals surface area (Å²) in [5, 5.41) is 9.99. The average Bonchev–Trinajstić information content (AvgIpc) is 2.36. The van der Waals surface area contributed by atoms with Crippen molar-refractivity contribution in [1.82, 2.24) is 0 Å². The first-order valence-electron chi connectivity index (χ1n) is 6.32. The predicted octanol–water partition coefficient (Wildman–Crippen LogP) is 2.39. The first-order valence-corrected chi connectivity index (χ1v) is 6.32. The van der Waals surface area contributed by atoms with Crippen LogP contribution in [0.25, 0.3) is 0 Å². The van der Waals surface area contributed by atoms with Gasteiger partial charge in [-0.2, -0.15) is 0 Å². The Hall–Kier alpha value is -1.13. The quantitative estimate of drug-likeness (QED) is 0.736. The van der Waals surface area contributed by atoms with Crippen molar-refractivity contribution in [3.05, 3.63) is 29.6 Å². The van der Waals surface area contributed by atoms with Crippen molar-refractivity contribution in [1.29, 1.82) is 0 Å². The fourth-order valence-corrected chi connectivity index (χ4v) is 1.78. The summed E-state index contributed by atoms with van der Waals surface area (Å²) in [6.07, 6.45) is 1.97. The van der Waals surface area contributed by atoms with E-state index in [0.29, 0.717) is 25.2 Å². The highest BCUT2D eigenvalue weighted by Crippen LogP contribution is 2.20. The van der Waals surface area contributed by atoms with Crippen molar-refractivity contribution < 1.29 is 14.2 Å². The van der Waals surface area contributed by atoms with E-state index in [0.717, 1.165) is 12.0 Å². The fourth-order valence-electron chi connectivity index (χ4n) is 1.78. The molecule has 1 aromatic carbocycles. The van der Waals surface area contributed by atoms with Crippen LogP contribution in [0, 0.1) is 12.7 Å². The lowest BCUT2D eigenvalue weighted by molar-refractivity contribution is 0.0308. The summed E-state index contributed by atoms with van der Waals surface area (Å²) >= 11 is 0. The number of nitrogens with two attached hydrogens (primary N) is 1. The van der Waals surface area contributed by atoms with Crippen molar-refractivity contribution in [2.45, 2.75) is 38.7 Å². The van der Waals surface area contributed by atoms with Crippen LogP contribution in [0.15, 0.2) is 18.2 Å². The van der Waals surface area contributed by atoms with E-state index in [1.165, 1.54) is 12.1 Å². The van der Waals surface area contributed by atoms with E-state index in [9.17, 15) is 9.50 Å². The third-order valence-electron chi connectivity index (χ3n) is 3.22. The monoisotopic (exact) mass is 255 g/mol. The molecule has 102 valence electrons. The van der Waals surface area contributed by atoms with Crippen LogP contribution in [-0.4, -0.2) is 23.9 Å². The summed E-state index contributed by atoms with van der Waals surface area (Å²) in [4.78, 5) is 0. The van der Waals surface area contributed by atoms with Crippen LogP contribution in [0.5, 0.6) is 5.75 Å². The lowest BCUT2D eigenvalue weighted by atomic mass is 9.95. The van der Waals surface area contributed by atoms with Gasteiger partial charge in [0.25, 0.3) is 0 Å². The molecule has 0 aliphatic carbocycles. The van der Waals surface area contributed by atoms with Crippen LogP contribution in [-0.2, 0) is 0 Å². The Morgan fingerprint density at radius 2 is 2.17 bits per heavy atom. The minimum absolute atomic E-state index is 0.261. The molecular formula is C14H22FNO2. The number of rotatable bonds is 7. The minimum atomic E-state index is -0.790. The van der Waals surface area contributed by atoms with Crippen molar-refractivity contribution in [2.75, 3.05) is 13.2 Å². The molecule has 4 heteroatoms. The lowest BCUT2D eigenvalue weighted by Gasteiger charge is -2.24. The van der Waals surface area contributed by atoms with Gasteiger partial charge in [0, 0.05) is 6.54 Å². The molecule has 18 heavy (non-hydrogen) atoms. The number of hydrogen-bond donors (Lipinski definition) is 2. The van der Waals surface area contributed by atoms with Crippen LogP contribution in [0.2, 0.25) is 0 Å². The first-order chi connectivity index (χ1) is 8.50. The molecule has 0 aromatic heterocycles. The van der Waals surface area contributed by atoms with Crippen LogP contribution in [0.3, 0.4) is 0 Å². The molecule has 0 heterocycles. The smallest absolute Gasteiger partial charge is 0.123 e. The molecule has 0 saturated heterocycles. The van der Waals surface area contributed by atoms with Crippen molar-refractivity contribution in [3.63, 3.8) is 0 Å². The second kappa shape index (κ2) is 6.71. The Morgan fingerprint density at radius 1 is 1.44 bits per heavy atom. The Kier molecular flexibility index (Phi) is 5.56. The van der Waals surface area contributed by atoms with Crippen molar-refractivity contribution in [2.24, 2.45) is 5.73 Å². The number of benzene rings is 1. The zero-order chi connectivity index (χ0) is 13.6. The lowest BCUT2D eigenvalue weighted by Crippen LogP contribution is -2.37. The second-order valence-electron chi connectivity index (χ2n) is 4.64. The van der Waals surface area contributed by atoms with E-state index in [2.05, 4.69) is 0 Å². The molecule has 0 radical (unpaired) electrons. The van der Waals surface area contributed by atoms with Gasteiger partial charge in [0.1, 0.15) is 11.6 Å². The van der Waals surface area contributed by atoms with Gasteiger partial charge in [-0.15, -0.1) is 0 Å². The highest BCUT2D eigenvalue weighted by atomic mass is 19.1. The van der Waals surface area contributed by atoms with Crippen LogP contribution in [0.1, 0.15) is 31.7 Å². The summed E-state index contributed by atoms with van der Waals surface area (Å²) < 4.78 is 18.4. The molecule has 1 aromatic rings. The third-order valence-corrected chi connectivity index (χ3v) is 3.22. The van der Waals surface area contributed by atoms with Gasteiger partial charge in [0.2, 0.25) is 0 Å². The van der Waals surface area contributed by atoms with E-state index in [-0.39, 0.29) is 12.4 Å². The van der Waals surface area contributed by atoms with Gasteiger partial charge < -0.3 is 15.6 Å². The van der Waals surface area contributed by atoms with Gasteiger partial charge in [0.15, 0.2) is 0 Å². The van der Waals surface area contributed by atoms with Crippen LogP contribution >= 0.6 is 0 Å².